The van der Waals surface area contributed by atoms with Gasteiger partial charge in [0.2, 0.25) is 0 Å². The molecule has 1 nitrogen and oxygen atoms in total. The van der Waals surface area contributed by atoms with Gasteiger partial charge >= 0.3 is 0 Å². The summed E-state index contributed by atoms with van der Waals surface area (Å²) in [5.41, 5.74) is 0.835. The Hall–Kier alpha value is -0.820. The van der Waals surface area contributed by atoms with Crippen molar-refractivity contribution in [1.29, 1.82) is 0 Å². The Balaban J connectivity index is 1.80. The number of carbonyl (C=O) groups excluding carboxylic acids is 1. The van der Waals surface area contributed by atoms with Gasteiger partial charge in [0.1, 0.15) is 0 Å². The molecule has 3 rings (SSSR count). The van der Waals surface area contributed by atoms with Crippen molar-refractivity contribution in [1.82, 2.24) is 0 Å². The molecule has 2 bridgehead atoms. The van der Waals surface area contributed by atoms with E-state index in [9.17, 15) is 4.79 Å². The third-order valence-corrected chi connectivity index (χ3v) is 4.46. The van der Waals surface area contributed by atoms with Crippen molar-refractivity contribution in [3.05, 3.63) is 34.9 Å². The van der Waals surface area contributed by atoms with E-state index in [1.165, 1.54) is 19.3 Å². The predicted octanol–water partition coefficient (Wildman–Crippen LogP) is 3.96. The van der Waals surface area contributed by atoms with Gasteiger partial charge in [-0.25, -0.2) is 0 Å². The normalized spacial score (nSPS) is 31.9. The van der Waals surface area contributed by atoms with Crippen molar-refractivity contribution < 1.29 is 4.79 Å². The van der Waals surface area contributed by atoms with Gasteiger partial charge in [-0.3, -0.25) is 4.79 Å². The van der Waals surface area contributed by atoms with Crippen LogP contribution >= 0.6 is 11.6 Å². The maximum atomic E-state index is 12.3. The highest BCUT2D eigenvalue weighted by atomic mass is 35.5. The van der Waals surface area contributed by atoms with Gasteiger partial charge in [0, 0.05) is 16.5 Å². The number of Topliss-reactive ketones (excluding diaryl/α,β-unsaturated/α-hetero) is 1. The van der Waals surface area contributed by atoms with Crippen LogP contribution in [0, 0.1) is 17.8 Å². The molecule has 2 aliphatic rings. The minimum Gasteiger partial charge on any atom is -0.294 e. The van der Waals surface area contributed by atoms with Crippen LogP contribution in [-0.2, 0) is 0 Å². The minimum absolute atomic E-state index is 0.292. The zero-order valence-corrected chi connectivity index (χ0v) is 9.91. The molecule has 1 aromatic carbocycles. The molecule has 0 saturated heterocycles. The van der Waals surface area contributed by atoms with Crippen LogP contribution in [0.4, 0.5) is 0 Å². The van der Waals surface area contributed by atoms with E-state index in [0.717, 1.165) is 17.9 Å². The van der Waals surface area contributed by atoms with E-state index in [-0.39, 0.29) is 0 Å². The molecule has 0 aliphatic heterocycles. The SMILES string of the molecule is O=C(c1ccc(Cl)cc1)[C@H]1C[C@H]2CC[C@H]1C2. The van der Waals surface area contributed by atoms with Crippen LogP contribution < -0.4 is 0 Å². The van der Waals surface area contributed by atoms with Gasteiger partial charge in [-0.05, 0) is 55.4 Å². The summed E-state index contributed by atoms with van der Waals surface area (Å²) >= 11 is 5.83. The number of hydrogen-bond acceptors (Lipinski definition) is 1. The second-order valence-corrected chi connectivity index (χ2v) is 5.59. The molecule has 84 valence electrons. The number of benzene rings is 1. The highest BCUT2D eigenvalue weighted by Crippen LogP contribution is 2.49. The second-order valence-electron chi connectivity index (χ2n) is 5.15. The molecular formula is C14H15ClO. The van der Waals surface area contributed by atoms with Gasteiger partial charge in [-0.2, -0.15) is 0 Å². The highest BCUT2D eigenvalue weighted by molar-refractivity contribution is 6.30. The molecule has 1 aromatic rings. The third-order valence-electron chi connectivity index (χ3n) is 4.20. The molecule has 2 fully saturated rings. The minimum atomic E-state index is 0.292. The number of ketones is 1. The van der Waals surface area contributed by atoms with Crippen LogP contribution in [0.15, 0.2) is 24.3 Å². The first-order chi connectivity index (χ1) is 7.74. The molecular weight excluding hydrogens is 220 g/mol. The van der Waals surface area contributed by atoms with Gasteiger partial charge in [-0.1, -0.05) is 18.0 Å². The average Bonchev–Trinajstić information content (AvgIpc) is 2.91. The standard InChI is InChI=1S/C14H15ClO/c15-12-5-3-10(4-6-12)14(16)13-8-9-1-2-11(13)7-9/h3-6,9,11,13H,1-2,7-8H2/t9-,11-,13-/m0/s1. The van der Waals surface area contributed by atoms with E-state index < -0.39 is 0 Å². The Kier molecular flexibility index (Phi) is 2.51. The Bertz CT molecular complexity index is 409. The van der Waals surface area contributed by atoms with E-state index in [2.05, 4.69) is 0 Å². The average molecular weight is 235 g/mol. The molecule has 0 spiro atoms. The molecule has 2 aliphatic carbocycles. The van der Waals surface area contributed by atoms with Crippen LogP contribution in [0.25, 0.3) is 0 Å². The Morgan fingerprint density at radius 3 is 2.44 bits per heavy atom. The summed E-state index contributed by atoms with van der Waals surface area (Å²) in [6.45, 7) is 0. The molecule has 0 aromatic heterocycles. The topological polar surface area (TPSA) is 17.1 Å². The summed E-state index contributed by atoms with van der Waals surface area (Å²) in [6, 6.07) is 7.33. The lowest BCUT2D eigenvalue weighted by Crippen LogP contribution is -2.20. The van der Waals surface area contributed by atoms with Crippen molar-refractivity contribution in [3.8, 4) is 0 Å². The van der Waals surface area contributed by atoms with Crippen molar-refractivity contribution in [3.63, 3.8) is 0 Å². The molecule has 0 N–H and O–H groups in total. The summed E-state index contributed by atoms with van der Waals surface area (Å²) in [4.78, 5) is 12.3. The highest BCUT2D eigenvalue weighted by Gasteiger charge is 2.42. The smallest absolute Gasteiger partial charge is 0.166 e. The fourth-order valence-electron chi connectivity index (χ4n) is 3.39. The second kappa shape index (κ2) is 3.89. The molecule has 0 amide bonds. The Morgan fingerprint density at radius 2 is 1.88 bits per heavy atom. The van der Waals surface area contributed by atoms with Crippen molar-refractivity contribution >= 4 is 17.4 Å². The molecule has 16 heavy (non-hydrogen) atoms. The maximum Gasteiger partial charge on any atom is 0.166 e. The van der Waals surface area contributed by atoms with Crippen LogP contribution in [-0.4, -0.2) is 5.78 Å². The van der Waals surface area contributed by atoms with Gasteiger partial charge in [0.25, 0.3) is 0 Å². The van der Waals surface area contributed by atoms with Gasteiger partial charge < -0.3 is 0 Å². The van der Waals surface area contributed by atoms with E-state index in [0.29, 0.717) is 22.6 Å². The molecule has 2 heteroatoms. The summed E-state index contributed by atoms with van der Waals surface area (Å²) in [5.74, 6) is 2.11. The third kappa shape index (κ3) is 1.67. The number of rotatable bonds is 2. The first-order valence-electron chi connectivity index (χ1n) is 6.04. The van der Waals surface area contributed by atoms with Crippen LogP contribution in [0.5, 0.6) is 0 Å². The molecule has 0 unspecified atom stereocenters. The van der Waals surface area contributed by atoms with Gasteiger partial charge in [0.15, 0.2) is 5.78 Å². The molecule has 0 heterocycles. The maximum absolute atomic E-state index is 12.3. The van der Waals surface area contributed by atoms with Crippen LogP contribution in [0.1, 0.15) is 36.0 Å². The van der Waals surface area contributed by atoms with Crippen molar-refractivity contribution in [2.75, 3.05) is 0 Å². The molecule has 2 saturated carbocycles. The van der Waals surface area contributed by atoms with E-state index >= 15 is 0 Å². The van der Waals surface area contributed by atoms with Crippen molar-refractivity contribution in [2.24, 2.45) is 17.8 Å². The van der Waals surface area contributed by atoms with Gasteiger partial charge in [0.05, 0.1) is 0 Å². The van der Waals surface area contributed by atoms with E-state index in [1.54, 1.807) is 0 Å². The first-order valence-corrected chi connectivity index (χ1v) is 6.41. The zero-order valence-electron chi connectivity index (χ0n) is 9.16. The molecule has 0 radical (unpaired) electrons. The van der Waals surface area contributed by atoms with E-state index in [1.807, 2.05) is 24.3 Å². The number of fused-ring (bicyclic) bond motifs is 2. The predicted molar refractivity (Wildman–Crippen MR) is 64.7 cm³/mol. The monoisotopic (exact) mass is 234 g/mol. The summed E-state index contributed by atoms with van der Waals surface area (Å²) in [6.07, 6.45) is 5.00. The summed E-state index contributed by atoms with van der Waals surface area (Å²) in [5, 5.41) is 0.699. The summed E-state index contributed by atoms with van der Waals surface area (Å²) < 4.78 is 0. The fourth-order valence-corrected chi connectivity index (χ4v) is 3.52. The number of carbonyl (C=O) groups is 1. The summed E-state index contributed by atoms with van der Waals surface area (Å²) in [7, 11) is 0. The lowest BCUT2D eigenvalue weighted by Gasteiger charge is -2.20. The largest absolute Gasteiger partial charge is 0.294 e. The zero-order chi connectivity index (χ0) is 11.1. The Morgan fingerprint density at radius 1 is 1.12 bits per heavy atom. The van der Waals surface area contributed by atoms with Gasteiger partial charge in [-0.15, -0.1) is 0 Å². The fraction of sp³-hybridized carbons (Fsp3) is 0.500. The number of hydrogen-bond donors (Lipinski definition) is 0. The lowest BCUT2D eigenvalue weighted by atomic mass is 9.83. The first kappa shape index (κ1) is 10.3. The van der Waals surface area contributed by atoms with Crippen LogP contribution in [0.3, 0.4) is 0 Å². The van der Waals surface area contributed by atoms with Crippen LogP contribution in [0.2, 0.25) is 5.02 Å². The van der Waals surface area contributed by atoms with Crippen molar-refractivity contribution in [2.45, 2.75) is 25.7 Å². The Labute approximate surface area is 101 Å². The molecule has 3 atom stereocenters. The number of halogens is 1. The quantitative estimate of drug-likeness (QED) is 0.708. The lowest BCUT2D eigenvalue weighted by molar-refractivity contribution is 0.0875. The van der Waals surface area contributed by atoms with E-state index in [4.69, 9.17) is 11.6 Å².